The van der Waals surface area contributed by atoms with Crippen molar-refractivity contribution in [2.24, 2.45) is 5.92 Å². The Labute approximate surface area is 144 Å². The molecule has 0 aromatic heterocycles. The number of hydrogen-bond acceptors (Lipinski definition) is 5. The van der Waals surface area contributed by atoms with Crippen molar-refractivity contribution in [1.29, 1.82) is 0 Å². The van der Waals surface area contributed by atoms with Crippen molar-refractivity contribution >= 4 is 29.0 Å². The second-order valence-electron chi connectivity index (χ2n) is 7.25. The SMILES string of the molecule is CC(=O)CC(C)C(=S)N(CC(=O)OC(C)(C)C)CC1CCCO1. The molecule has 1 saturated heterocycles. The van der Waals surface area contributed by atoms with E-state index in [1.807, 2.05) is 32.6 Å². The summed E-state index contributed by atoms with van der Waals surface area (Å²) in [6, 6.07) is 0. The summed E-state index contributed by atoms with van der Waals surface area (Å²) in [5, 5.41) is 0. The maximum absolute atomic E-state index is 12.2. The van der Waals surface area contributed by atoms with Crippen molar-refractivity contribution < 1.29 is 19.1 Å². The molecule has 23 heavy (non-hydrogen) atoms. The van der Waals surface area contributed by atoms with E-state index < -0.39 is 5.60 Å². The summed E-state index contributed by atoms with van der Waals surface area (Å²) in [6.45, 7) is 10.4. The van der Waals surface area contributed by atoms with Gasteiger partial charge in [0.15, 0.2) is 0 Å². The minimum atomic E-state index is -0.529. The molecule has 0 amide bonds. The van der Waals surface area contributed by atoms with Crippen LogP contribution in [0.1, 0.15) is 53.9 Å². The number of ketones is 1. The number of ether oxygens (including phenoxy) is 2. The van der Waals surface area contributed by atoms with Crippen molar-refractivity contribution in [3.63, 3.8) is 0 Å². The lowest BCUT2D eigenvalue weighted by molar-refractivity contribution is -0.155. The molecular formula is C17H29NO4S. The fourth-order valence-electron chi connectivity index (χ4n) is 2.63. The van der Waals surface area contributed by atoms with Gasteiger partial charge in [0, 0.05) is 25.5 Å². The van der Waals surface area contributed by atoms with Crippen molar-refractivity contribution in [1.82, 2.24) is 4.90 Å². The molecule has 1 heterocycles. The molecule has 0 saturated carbocycles. The lowest BCUT2D eigenvalue weighted by atomic mass is 10.0. The van der Waals surface area contributed by atoms with E-state index in [0.29, 0.717) is 18.0 Å². The van der Waals surface area contributed by atoms with Gasteiger partial charge in [0.2, 0.25) is 0 Å². The van der Waals surface area contributed by atoms with E-state index in [2.05, 4.69) is 0 Å². The smallest absolute Gasteiger partial charge is 0.326 e. The van der Waals surface area contributed by atoms with Crippen molar-refractivity contribution in [2.75, 3.05) is 19.7 Å². The van der Waals surface area contributed by atoms with Crippen LogP contribution < -0.4 is 0 Å². The van der Waals surface area contributed by atoms with E-state index in [-0.39, 0.29) is 30.3 Å². The Hall–Kier alpha value is -1.01. The van der Waals surface area contributed by atoms with Gasteiger partial charge < -0.3 is 19.2 Å². The molecule has 1 rings (SSSR count). The molecule has 2 unspecified atom stereocenters. The van der Waals surface area contributed by atoms with Crippen LogP contribution >= 0.6 is 12.2 Å². The van der Waals surface area contributed by atoms with E-state index in [9.17, 15) is 9.59 Å². The molecule has 0 bridgehead atoms. The van der Waals surface area contributed by atoms with E-state index >= 15 is 0 Å². The normalized spacial score (nSPS) is 19.3. The maximum atomic E-state index is 12.2. The summed E-state index contributed by atoms with van der Waals surface area (Å²) >= 11 is 5.52. The number of carbonyl (C=O) groups excluding carboxylic acids is 2. The molecule has 2 atom stereocenters. The molecule has 0 aromatic carbocycles. The Morgan fingerprint density at radius 1 is 1.39 bits per heavy atom. The summed E-state index contributed by atoms with van der Waals surface area (Å²) in [7, 11) is 0. The maximum Gasteiger partial charge on any atom is 0.326 e. The van der Waals surface area contributed by atoms with Crippen molar-refractivity contribution in [3.8, 4) is 0 Å². The Morgan fingerprint density at radius 3 is 2.52 bits per heavy atom. The highest BCUT2D eigenvalue weighted by Crippen LogP contribution is 2.18. The molecule has 1 aliphatic rings. The first-order valence-corrected chi connectivity index (χ1v) is 8.61. The number of rotatable bonds is 7. The third-order valence-corrected chi connectivity index (χ3v) is 4.18. The molecule has 1 aliphatic heterocycles. The minimum Gasteiger partial charge on any atom is -0.459 e. The number of thiocarbonyl (C=S) groups is 1. The van der Waals surface area contributed by atoms with Crippen LogP contribution in [0.15, 0.2) is 0 Å². The van der Waals surface area contributed by atoms with Crippen LogP contribution in [0, 0.1) is 5.92 Å². The highest BCUT2D eigenvalue weighted by atomic mass is 32.1. The molecule has 6 heteroatoms. The van der Waals surface area contributed by atoms with Crippen molar-refractivity contribution in [2.45, 2.75) is 65.6 Å². The van der Waals surface area contributed by atoms with Crippen molar-refractivity contribution in [3.05, 3.63) is 0 Å². The largest absolute Gasteiger partial charge is 0.459 e. The number of Topliss-reactive ketones (excluding diaryl/α,β-unsaturated/α-hetero) is 1. The van der Waals surface area contributed by atoms with Crippen LogP contribution in [0.3, 0.4) is 0 Å². The molecule has 0 aromatic rings. The van der Waals surface area contributed by atoms with Crippen LogP contribution in [0.25, 0.3) is 0 Å². The average molecular weight is 343 g/mol. The van der Waals surface area contributed by atoms with Crippen LogP contribution in [0.5, 0.6) is 0 Å². The van der Waals surface area contributed by atoms with Crippen LogP contribution in [0.2, 0.25) is 0 Å². The fourth-order valence-corrected chi connectivity index (χ4v) is 2.85. The Bertz CT molecular complexity index is 438. The molecule has 1 fully saturated rings. The zero-order valence-corrected chi connectivity index (χ0v) is 15.7. The fraction of sp³-hybridized carbons (Fsp3) is 0.824. The standard InChI is InChI=1S/C17H29NO4S/c1-12(9-13(2)19)16(23)18(10-14-7-6-8-21-14)11-15(20)22-17(3,4)5/h12,14H,6-11H2,1-5H3. The van der Waals surface area contributed by atoms with Gasteiger partial charge >= 0.3 is 5.97 Å². The summed E-state index contributed by atoms with van der Waals surface area (Å²) in [6.07, 6.45) is 2.46. The van der Waals surface area contributed by atoms with Gasteiger partial charge in [0.05, 0.1) is 11.1 Å². The molecule has 0 radical (unpaired) electrons. The molecular weight excluding hydrogens is 314 g/mol. The van der Waals surface area contributed by atoms with Gasteiger partial charge in [-0.05, 0) is 40.5 Å². The monoisotopic (exact) mass is 343 g/mol. The van der Waals surface area contributed by atoms with E-state index in [4.69, 9.17) is 21.7 Å². The third kappa shape index (κ3) is 7.88. The number of nitrogens with zero attached hydrogens (tertiary/aromatic N) is 1. The number of carbonyl (C=O) groups is 2. The van der Waals surface area contributed by atoms with Gasteiger partial charge in [-0.1, -0.05) is 19.1 Å². The summed E-state index contributed by atoms with van der Waals surface area (Å²) < 4.78 is 11.1. The topological polar surface area (TPSA) is 55.8 Å². The average Bonchev–Trinajstić information content (AvgIpc) is 2.86. The molecule has 5 nitrogen and oxygen atoms in total. The molecule has 0 aliphatic carbocycles. The minimum absolute atomic E-state index is 0.0775. The van der Waals surface area contributed by atoms with E-state index in [0.717, 1.165) is 19.4 Å². The van der Waals surface area contributed by atoms with Gasteiger partial charge in [0.1, 0.15) is 17.9 Å². The lowest BCUT2D eigenvalue weighted by Crippen LogP contribution is -2.44. The van der Waals surface area contributed by atoms with Gasteiger partial charge in [-0.3, -0.25) is 4.79 Å². The van der Waals surface area contributed by atoms with Crippen LogP contribution in [0.4, 0.5) is 0 Å². The third-order valence-electron chi connectivity index (χ3n) is 3.51. The quantitative estimate of drug-likeness (QED) is 0.523. The first-order valence-electron chi connectivity index (χ1n) is 8.20. The first kappa shape index (κ1) is 20.0. The molecule has 132 valence electrons. The summed E-state index contributed by atoms with van der Waals surface area (Å²) in [4.78, 5) is 26.0. The lowest BCUT2D eigenvalue weighted by Gasteiger charge is -2.31. The molecule has 0 spiro atoms. The zero-order valence-electron chi connectivity index (χ0n) is 14.9. The number of hydrogen-bond donors (Lipinski definition) is 0. The molecule has 0 N–H and O–H groups in total. The van der Waals surface area contributed by atoms with Gasteiger partial charge in [-0.2, -0.15) is 0 Å². The van der Waals surface area contributed by atoms with Gasteiger partial charge in [0.25, 0.3) is 0 Å². The number of esters is 1. The van der Waals surface area contributed by atoms with E-state index in [1.165, 1.54) is 0 Å². The summed E-state index contributed by atoms with van der Waals surface area (Å²) in [5.74, 6) is -0.298. The predicted molar refractivity (Wildman–Crippen MR) is 93.5 cm³/mol. The Morgan fingerprint density at radius 2 is 2.04 bits per heavy atom. The van der Waals surface area contributed by atoms with Gasteiger partial charge in [-0.25, -0.2) is 0 Å². The Kier molecular flexibility index (Phi) is 7.61. The highest BCUT2D eigenvalue weighted by molar-refractivity contribution is 7.80. The zero-order chi connectivity index (χ0) is 17.6. The second kappa shape index (κ2) is 8.73. The second-order valence-corrected chi connectivity index (χ2v) is 7.67. The predicted octanol–water partition coefficient (Wildman–Crippen LogP) is 2.75. The summed E-state index contributed by atoms with van der Waals surface area (Å²) in [5.41, 5.74) is -0.529. The first-order chi connectivity index (χ1) is 10.6. The Balaban J connectivity index is 2.72. The van der Waals surface area contributed by atoms with Crippen LogP contribution in [-0.2, 0) is 19.1 Å². The van der Waals surface area contributed by atoms with E-state index in [1.54, 1.807) is 6.92 Å². The van der Waals surface area contributed by atoms with Gasteiger partial charge in [-0.15, -0.1) is 0 Å². The highest BCUT2D eigenvalue weighted by Gasteiger charge is 2.27. The van der Waals surface area contributed by atoms with Crippen LogP contribution in [-0.4, -0.2) is 53.0 Å².